The summed E-state index contributed by atoms with van der Waals surface area (Å²) >= 11 is 0. The van der Waals surface area contributed by atoms with Crippen LogP contribution in [0.4, 0.5) is 5.69 Å². The summed E-state index contributed by atoms with van der Waals surface area (Å²) in [6.07, 6.45) is -0.272. The van der Waals surface area contributed by atoms with Crippen LogP contribution in [0.2, 0.25) is 0 Å². The molecule has 1 fully saturated rings. The highest BCUT2D eigenvalue weighted by molar-refractivity contribution is 7.89. The molecule has 174 valence electrons. The van der Waals surface area contributed by atoms with Gasteiger partial charge in [-0.2, -0.15) is 4.31 Å². The third-order valence-corrected chi connectivity index (χ3v) is 7.43. The van der Waals surface area contributed by atoms with E-state index in [2.05, 4.69) is 5.32 Å². The van der Waals surface area contributed by atoms with Crippen molar-refractivity contribution in [3.05, 3.63) is 47.5 Å². The van der Waals surface area contributed by atoms with Crippen molar-refractivity contribution in [2.75, 3.05) is 38.7 Å². The minimum atomic E-state index is -3.80. The Morgan fingerprint density at radius 3 is 2.53 bits per heavy atom. The number of aryl methyl sites for hydroxylation is 1. The molecular weight excluding hydrogens is 432 g/mol. The maximum atomic E-state index is 13.2. The molecule has 1 N–H and O–H groups in total. The molecule has 32 heavy (non-hydrogen) atoms. The number of anilines is 1. The number of ether oxygens (including phenoxy) is 3. The molecule has 1 atom stereocenters. The van der Waals surface area contributed by atoms with Crippen molar-refractivity contribution in [1.82, 2.24) is 4.31 Å². The van der Waals surface area contributed by atoms with Crippen molar-refractivity contribution in [1.29, 1.82) is 0 Å². The summed E-state index contributed by atoms with van der Waals surface area (Å²) in [4.78, 5) is 12.9. The topological polar surface area (TPSA) is 94.2 Å². The van der Waals surface area contributed by atoms with E-state index in [0.717, 1.165) is 11.1 Å². The summed E-state index contributed by atoms with van der Waals surface area (Å²) in [6, 6.07) is 10.3. The van der Waals surface area contributed by atoms with Gasteiger partial charge in [0, 0.05) is 18.8 Å². The van der Waals surface area contributed by atoms with Crippen molar-refractivity contribution >= 4 is 21.6 Å². The minimum absolute atomic E-state index is 0.00296. The summed E-state index contributed by atoms with van der Waals surface area (Å²) in [7, 11) is -2.39. The number of nitrogens with one attached hydrogen (secondary N) is 1. The molecule has 1 amide bonds. The Balaban J connectivity index is 1.82. The number of amides is 1. The minimum Gasteiger partial charge on any atom is -0.495 e. The van der Waals surface area contributed by atoms with Crippen molar-refractivity contribution in [2.45, 2.75) is 38.2 Å². The van der Waals surface area contributed by atoms with Crippen LogP contribution in [0.3, 0.4) is 0 Å². The van der Waals surface area contributed by atoms with Crippen molar-refractivity contribution in [3.63, 3.8) is 0 Å². The molecule has 0 radical (unpaired) electrons. The molecule has 1 heterocycles. The SMILES string of the molecule is CCC(Oc1cccc(C)c1C)C(=O)Nc1ccc(OC)c(S(=O)(=O)N2CCOCC2)c1. The van der Waals surface area contributed by atoms with Crippen molar-refractivity contribution in [2.24, 2.45) is 0 Å². The fraction of sp³-hybridized carbons (Fsp3) is 0.435. The van der Waals surface area contributed by atoms with Gasteiger partial charge in [-0.3, -0.25) is 4.79 Å². The summed E-state index contributed by atoms with van der Waals surface area (Å²) in [5.41, 5.74) is 2.40. The Morgan fingerprint density at radius 2 is 1.88 bits per heavy atom. The van der Waals surface area contributed by atoms with Crippen LogP contribution in [-0.4, -0.2) is 58.1 Å². The van der Waals surface area contributed by atoms with Crippen LogP contribution in [0.5, 0.6) is 11.5 Å². The Kier molecular flexibility index (Phi) is 7.76. The molecule has 0 spiro atoms. The molecule has 0 bridgehead atoms. The summed E-state index contributed by atoms with van der Waals surface area (Å²) in [6.45, 7) is 7.00. The number of rotatable bonds is 8. The molecular formula is C23H30N2O6S. The lowest BCUT2D eigenvalue weighted by Gasteiger charge is -2.27. The molecule has 0 aromatic heterocycles. The third kappa shape index (κ3) is 5.23. The maximum Gasteiger partial charge on any atom is 0.265 e. The molecule has 3 rings (SSSR count). The van der Waals surface area contributed by atoms with E-state index >= 15 is 0 Å². The molecule has 1 unspecified atom stereocenters. The Labute approximate surface area is 189 Å². The molecule has 2 aromatic rings. The van der Waals surface area contributed by atoms with E-state index < -0.39 is 16.1 Å². The molecule has 0 aliphatic carbocycles. The number of carbonyl (C=O) groups excluding carboxylic acids is 1. The van der Waals surface area contributed by atoms with E-state index in [0.29, 0.717) is 31.1 Å². The first-order chi connectivity index (χ1) is 15.3. The largest absolute Gasteiger partial charge is 0.495 e. The molecule has 0 saturated carbocycles. The monoisotopic (exact) mass is 462 g/mol. The third-order valence-electron chi connectivity index (χ3n) is 5.51. The number of carbonyl (C=O) groups is 1. The number of benzene rings is 2. The van der Waals surface area contributed by atoms with E-state index in [1.807, 2.05) is 39.0 Å². The van der Waals surface area contributed by atoms with E-state index in [9.17, 15) is 13.2 Å². The van der Waals surface area contributed by atoms with Crippen LogP contribution < -0.4 is 14.8 Å². The zero-order chi connectivity index (χ0) is 23.3. The van der Waals surface area contributed by atoms with Crippen molar-refractivity contribution in [3.8, 4) is 11.5 Å². The molecule has 9 heteroatoms. The second-order valence-corrected chi connectivity index (χ2v) is 9.49. The van der Waals surface area contributed by atoms with Gasteiger partial charge in [-0.1, -0.05) is 19.1 Å². The molecule has 8 nitrogen and oxygen atoms in total. The number of methoxy groups -OCH3 is 1. The number of hydrogen-bond donors (Lipinski definition) is 1. The van der Waals surface area contributed by atoms with Crippen LogP contribution in [0.15, 0.2) is 41.3 Å². The van der Waals surface area contributed by atoms with Gasteiger partial charge in [0.15, 0.2) is 6.10 Å². The van der Waals surface area contributed by atoms with Gasteiger partial charge in [0.25, 0.3) is 5.91 Å². The van der Waals surface area contributed by atoms with Crippen LogP contribution in [0.25, 0.3) is 0 Å². The summed E-state index contributed by atoms with van der Waals surface area (Å²) in [5.74, 6) is 0.513. The van der Waals surface area contributed by atoms with Crippen molar-refractivity contribution < 1.29 is 27.4 Å². The predicted octanol–water partition coefficient (Wildman–Crippen LogP) is 3.13. The second-order valence-electron chi connectivity index (χ2n) is 7.58. The Hall–Kier alpha value is -2.62. The standard InChI is InChI=1S/C23H30N2O6S/c1-5-19(31-20-8-6-7-16(2)17(20)3)23(26)24-18-9-10-21(29-4)22(15-18)32(27,28)25-11-13-30-14-12-25/h6-10,15,19H,5,11-14H2,1-4H3,(H,24,26). The second kappa shape index (κ2) is 10.3. The highest BCUT2D eigenvalue weighted by Gasteiger charge is 2.30. The molecule has 1 saturated heterocycles. The van der Waals surface area contributed by atoms with E-state index in [1.54, 1.807) is 6.07 Å². The number of nitrogens with zero attached hydrogens (tertiary/aromatic N) is 1. The summed E-state index contributed by atoms with van der Waals surface area (Å²) < 4.78 is 44.2. The van der Waals surface area contributed by atoms with Gasteiger partial charge in [0.1, 0.15) is 16.4 Å². The maximum absolute atomic E-state index is 13.2. The van der Waals surface area contributed by atoms with Gasteiger partial charge in [-0.25, -0.2) is 8.42 Å². The van der Waals surface area contributed by atoms with Gasteiger partial charge in [0.2, 0.25) is 10.0 Å². The molecule has 1 aliphatic heterocycles. The Morgan fingerprint density at radius 1 is 1.16 bits per heavy atom. The van der Waals surface area contributed by atoms with Gasteiger partial charge >= 0.3 is 0 Å². The fourth-order valence-corrected chi connectivity index (χ4v) is 5.02. The molecule has 1 aliphatic rings. The molecule has 2 aromatic carbocycles. The first-order valence-corrected chi connectivity index (χ1v) is 12.0. The van der Waals surface area contributed by atoms with Gasteiger partial charge in [-0.15, -0.1) is 0 Å². The zero-order valence-electron chi connectivity index (χ0n) is 18.9. The quantitative estimate of drug-likeness (QED) is 0.648. The lowest BCUT2D eigenvalue weighted by Crippen LogP contribution is -2.40. The van der Waals surface area contributed by atoms with Gasteiger partial charge in [-0.05, 0) is 55.7 Å². The average Bonchev–Trinajstić information content (AvgIpc) is 2.80. The van der Waals surface area contributed by atoms with Gasteiger partial charge in [0.05, 0.1) is 20.3 Å². The fourth-order valence-electron chi connectivity index (χ4n) is 3.43. The average molecular weight is 463 g/mol. The normalized spacial score (nSPS) is 15.8. The predicted molar refractivity (Wildman–Crippen MR) is 122 cm³/mol. The number of hydrogen-bond acceptors (Lipinski definition) is 6. The van der Waals surface area contributed by atoms with Gasteiger partial charge < -0.3 is 19.5 Å². The summed E-state index contributed by atoms with van der Waals surface area (Å²) in [5, 5.41) is 2.79. The number of sulfonamides is 1. The Bertz CT molecular complexity index is 1060. The van der Waals surface area contributed by atoms with Crippen LogP contribution in [-0.2, 0) is 19.6 Å². The first-order valence-electron chi connectivity index (χ1n) is 10.6. The van der Waals surface area contributed by atoms with Crippen LogP contribution >= 0.6 is 0 Å². The number of morpholine rings is 1. The van der Waals surface area contributed by atoms with E-state index in [4.69, 9.17) is 14.2 Å². The van der Waals surface area contributed by atoms with Crippen LogP contribution in [0.1, 0.15) is 24.5 Å². The van der Waals surface area contributed by atoms with Crippen LogP contribution in [0, 0.1) is 13.8 Å². The zero-order valence-corrected chi connectivity index (χ0v) is 19.7. The lowest BCUT2D eigenvalue weighted by molar-refractivity contribution is -0.122. The first kappa shape index (κ1) is 24.0. The highest BCUT2D eigenvalue weighted by Crippen LogP contribution is 2.30. The van der Waals surface area contributed by atoms with E-state index in [-0.39, 0.29) is 29.6 Å². The van der Waals surface area contributed by atoms with E-state index in [1.165, 1.54) is 23.5 Å². The lowest BCUT2D eigenvalue weighted by atomic mass is 10.1. The highest BCUT2D eigenvalue weighted by atomic mass is 32.2. The smallest absolute Gasteiger partial charge is 0.265 e.